The Morgan fingerprint density at radius 2 is 1.96 bits per heavy atom. The van der Waals surface area contributed by atoms with Crippen molar-refractivity contribution in [1.82, 2.24) is 0 Å². The van der Waals surface area contributed by atoms with E-state index in [2.05, 4.69) is 6.07 Å². The predicted molar refractivity (Wildman–Crippen MR) is 97.8 cm³/mol. The van der Waals surface area contributed by atoms with Crippen LogP contribution in [0.25, 0.3) is 0 Å². The van der Waals surface area contributed by atoms with E-state index < -0.39 is 11.8 Å². The molecule has 24 heavy (non-hydrogen) atoms. The molecule has 0 bridgehead atoms. The molecule has 4 nitrogen and oxygen atoms in total. The molecule has 3 N–H and O–H groups in total. The normalized spacial score (nSPS) is 19.5. The molecule has 0 aliphatic heterocycles. The van der Waals surface area contributed by atoms with E-state index in [4.69, 9.17) is 29.6 Å². The van der Waals surface area contributed by atoms with Crippen LogP contribution in [-0.2, 0) is 4.79 Å². The highest BCUT2D eigenvalue weighted by atomic mass is 35.5. The Kier molecular flexibility index (Phi) is 5.32. The van der Waals surface area contributed by atoms with Crippen molar-refractivity contribution >= 4 is 34.6 Å². The van der Waals surface area contributed by atoms with Gasteiger partial charge in [0.05, 0.1) is 11.1 Å². The summed E-state index contributed by atoms with van der Waals surface area (Å²) in [6, 6.07) is 8.87. The summed E-state index contributed by atoms with van der Waals surface area (Å²) in [4.78, 5) is 12.7. The summed E-state index contributed by atoms with van der Waals surface area (Å²) < 4.78 is 0. The first-order valence-corrected chi connectivity index (χ1v) is 8.34. The van der Waals surface area contributed by atoms with Gasteiger partial charge in [0.25, 0.3) is 0 Å². The number of allylic oxidation sites excluding steroid dienone is 2. The van der Waals surface area contributed by atoms with Crippen molar-refractivity contribution in [2.24, 2.45) is 17.1 Å². The van der Waals surface area contributed by atoms with E-state index in [9.17, 15) is 15.2 Å². The average molecular weight is 363 g/mol. The number of hydrogen-bond acceptors (Lipinski definition) is 4. The van der Waals surface area contributed by atoms with Gasteiger partial charge < -0.3 is 10.8 Å². The molecule has 126 valence electrons. The number of carbonyl (C=O) groups is 1. The largest absolute Gasteiger partial charge is 0.512 e. The lowest BCUT2D eigenvalue weighted by Crippen LogP contribution is -2.34. The molecule has 1 aromatic carbocycles. The number of rotatable bonds is 4. The molecule has 0 radical (unpaired) electrons. The van der Waals surface area contributed by atoms with Crippen molar-refractivity contribution in [2.45, 2.75) is 32.6 Å². The third-order valence-electron chi connectivity index (χ3n) is 4.22. The van der Waals surface area contributed by atoms with E-state index in [-0.39, 0.29) is 27.5 Å². The van der Waals surface area contributed by atoms with Crippen LogP contribution in [0.2, 0.25) is 5.02 Å². The molecule has 0 amide bonds. The number of nitrogens with two attached hydrogens (primary N) is 1. The third kappa shape index (κ3) is 3.77. The molecule has 0 saturated carbocycles. The summed E-state index contributed by atoms with van der Waals surface area (Å²) in [7, 11) is 0. The van der Waals surface area contributed by atoms with Gasteiger partial charge in [-0.2, -0.15) is 5.26 Å². The van der Waals surface area contributed by atoms with Crippen LogP contribution >= 0.6 is 23.8 Å². The Bertz CT molecular complexity index is 747. The standard InChI is InChI=1S/C18H19ClN2O2S/c1-18(2)7-13(22)16(14(23)8-18)15(12(9-20)17(21)24)10-3-5-11(19)6-4-10/h3-6,12,15,22H,7-8H2,1-2H3,(H2,21,24)/t12-,15-/m0/s1. The van der Waals surface area contributed by atoms with E-state index in [1.807, 2.05) is 13.8 Å². The smallest absolute Gasteiger partial charge is 0.163 e. The van der Waals surface area contributed by atoms with Crippen LogP contribution in [0.15, 0.2) is 35.6 Å². The van der Waals surface area contributed by atoms with Crippen LogP contribution in [0, 0.1) is 22.7 Å². The highest BCUT2D eigenvalue weighted by Crippen LogP contribution is 2.43. The van der Waals surface area contributed by atoms with Gasteiger partial charge in [0, 0.05) is 29.4 Å². The molecular weight excluding hydrogens is 344 g/mol. The molecule has 0 unspecified atom stereocenters. The number of Topliss-reactive ketones (excluding diaryl/α,β-unsaturated/α-hetero) is 1. The van der Waals surface area contributed by atoms with Crippen molar-refractivity contribution in [1.29, 1.82) is 5.26 Å². The fourth-order valence-corrected chi connectivity index (χ4v) is 3.47. The lowest BCUT2D eigenvalue weighted by atomic mass is 9.70. The SMILES string of the molecule is CC1(C)CC(=O)C([C@@H](c2ccc(Cl)cc2)[C@H](C#N)C(N)=S)=C(O)C1. The first-order chi connectivity index (χ1) is 11.2. The molecular formula is C18H19ClN2O2S. The monoisotopic (exact) mass is 362 g/mol. The maximum absolute atomic E-state index is 12.7. The molecule has 0 fully saturated rings. The van der Waals surface area contributed by atoms with E-state index in [0.717, 1.165) is 0 Å². The highest BCUT2D eigenvalue weighted by Gasteiger charge is 2.40. The summed E-state index contributed by atoms with van der Waals surface area (Å²) >= 11 is 11.0. The minimum absolute atomic E-state index is 0.00427. The van der Waals surface area contributed by atoms with Crippen LogP contribution in [0.5, 0.6) is 0 Å². The minimum atomic E-state index is -0.886. The maximum atomic E-state index is 12.7. The molecule has 6 heteroatoms. The Morgan fingerprint density at radius 1 is 1.38 bits per heavy atom. The summed E-state index contributed by atoms with van der Waals surface area (Å²) in [6.45, 7) is 3.84. The fourth-order valence-electron chi connectivity index (χ4n) is 3.15. The number of hydrogen-bond donors (Lipinski definition) is 2. The number of nitrogens with zero attached hydrogens (tertiary/aromatic N) is 1. The second-order valence-corrected chi connectivity index (χ2v) is 7.75. The third-order valence-corrected chi connectivity index (χ3v) is 4.72. The molecule has 0 aromatic heterocycles. The van der Waals surface area contributed by atoms with E-state index >= 15 is 0 Å². The van der Waals surface area contributed by atoms with Crippen LogP contribution in [0.4, 0.5) is 0 Å². The maximum Gasteiger partial charge on any atom is 0.163 e. The average Bonchev–Trinajstić information content (AvgIpc) is 2.45. The van der Waals surface area contributed by atoms with Gasteiger partial charge in [-0.3, -0.25) is 4.79 Å². The first-order valence-electron chi connectivity index (χ1n) is 7.56. The van der Waals surface area contributed by atoms with Gasteiger partial charge in [0.2, 0.25) is 0 Å². The molecule has 0 saturated heterocycles. The van der Waals surface area contributed by atoms with Crippen molar-refractivity contribution < 1.29 is 9.90 Å². The fraction of sp³-hybridized carbons (Fsp3) is 0.389. The van der Waals surface area contributed by atoms with Gasteiger partial charge in [-0.15, -0.1) is 0 Å². The van der Waals surface area contributed by atoms with Crippen molar-refractivity contribution in [3.8, 4) is 6.07 Å². The molecule has 1 aliphatic rings. The van der Waals surface area contributed by atoms with E-state index in [1.54, 1.807) is 24.3 Å². The minimum Gasteiger partial charge on any atom is -0.512 e. The summed E-state index contributed by atoms with van der Waals surface area (Å²) in [5, 5.41) is 20.6. The molecule has 2 atom stereocenters. The Labute approximate surface area is 151 Å². The summed E-state index contributed by atoms with van der Waals surface area (Å²) in [5.41, 5.74) is 6.32. The number of thiocarbonyl (C=S) groups is 1. The molecule has 1 aromatic rings. The number of aliphatic hydroxyl groups excluding tert-OH is 1. The second kappa shape index (κ2) is 6.92. The summed E-state index contributed by atoms with van der Waals surface area (Å²) in [6.07, 6.45) is 0.666. The zero-order valence-electron chi connectivity index (χ0n) is 13.5. The Morgan fingerprint density at radius 3 is 2.42 bits per heavy atom. The Balaban J connectivity index is 2.62. The number of halogens is 1. The number of nitriles is 1. The van der Waals surface area contributed by atoms with Crippen LogP contribution in [0.1, 0.15) is 38.2 Å². The topological polar surface area (TPSA) is 87.1 Å². The zero-order chi connectivity index (χ0) is 18.1. The van der Waals surface area contributed by atoms with E-state index in [1.165, 1.54) is 0 Å². The van der Waals surface area contributed by atoms with Crippen molar-refractivity contribution in [2.75, 3.05) is 0 Å². The van der Waals surface area contributed by atoms with Gasteiger partial charge in [-0.05, 0) is 23.1 Å². The van der Waals surface area contributed by atoms with E-state index in [0.29, 0.717) is 23.4 Å². The zero-order valence-corrected chi connectivity index (χ0v) is 15.1. The van der Waals surface area contributed by atoms with Crippen LogP contribution in [0.3, 0.4) is 0 Å². The predicted octanol–water partition coefficient (Wildman–Crippen LogP) is 4.05. The molecule has 0 spiro atoms. The van der Waals surface area contributed by atoms with Crippen LogP contribution in [-0.4, -0.2) is 15.9 Å². The van der Waals surface area contributed by atoms with Crippen molar-refractivity contribution in [3.63, 3.8) is 0 Å². The van der Waals surface area contributed by atoms with Gasteiger partial charge in [0.15, 0.2) is 5.78 Å². The molecule has 2 rings (SSSR count). The lowest BCUT2D eigenvalue weighted by molar-refractivity contribution is -0.118. The van der Waals surface area contributed by atoms with Gasteiger partial charge in [-0.25, -0.2) is 0 Å². The van der Waals surface area contributed by atoms with Gasteiger partial charge in [-0.1, -0.05) is 49.8 Å². The quantitative estimate of drug-likeness (QED) is 0.789. The first kappa shape index (κ1) is 18.4. The molecule has 1 aliphatic carbocycles. The number of benzene rings is 1. The Hall–Kier alpha value is -1.90. The number of carbonyl (C=O) groups excluding carboxylic acids is 1. The highest BCUT2D eigenvalue weighted by molar-refractivity contribution is 7.80. The van der Waals surface area contributed by atoms with Crippen molar-refractivity contribution in [3.05, 3.63) is 46.2 Å². The second-order valence-electron chi connectivity index (χ2n) is 6.84. The number of ketones is 1. The van der Waals surface area contributed by atoms with Gasteiger partial charge in [0.1, 0.15) is 11.7 Å². The van der Waals surface area contributed by atoms with Crippen LogP contribution < -0.4 is 5.73 Å². The summed E-state index contributed by atoms with van der Waals surface area (Å²) in [5.74, 6) is -1.76. The number of aliphatic hydroxyl groups is 1. The lowest BCUT2D eigenvalue weighted by Gasteiger charge is -2.34. The van der Waals surface area contributed by atoms with Gasteiger partial charge >= 0.3 is 0 Å². The molecule has 0 heterocycles.